The van der Waals surface area contributed by atoms with Gasteiger partial charge in [0.2, 0.25) is 5.12 Å². The summed E-state index contributed by atoms with van der Waals surface area (Å²) in [5.74, 6) is 0.442. The summed E-state index contributed by atoms with van der Waals surface area (Å²) in [5, 5.41) is 1.20. The highest BCUT2D eigenvalue weighted by Gasteiger charge is 2.15. The van der Waals surface area contributed by atoms with Crippen LogP contribution in [0.5, 0.6) is 5.75 Å². The van der Waals surface area contributed by atoms with E-state index in [2.05, 4.69) is 6.92 Å². The molecule has 0 aliphatic rings. The van der Waals surface area contributed by atoms with E-state index in [1.807, 2.05) is 0 Å². The van der Waals surface area contributed by atoms with Gasteiger partial charge in [-0.2, -0.15) is 0 Å². The molecule has 0 aromatic heterocycles. The van der Waals surface area contributed by atoms with Gasteiger partial charge < -0.3 is 4.74 Å². The summed E-state index contributed by atoms with van der Waals surface area (Å²) < 4.78 is 5.72. The van der Waals surface area contributed by atoms with Crippen molar-refractivity contribution in [3.8, 4) is 5.75 Å². The molecule has 0 amide bonds. The molecule has 0 N–H and O–H groups in total. The van der Waals surface area contributed by atoms with Crippen molar-refractivity contribution < 1.29 is 9.53 Å². The maximum absolute atomic E-state index is 12.4. The monoisotopic (exact) mass is 430 g/mol. The first-order valence-corrected chi connectivity index (χ1v) is 10.6. The van der Waals surface area contributed by atoms with Gasteiger partial charge in [0.1, 0.15) is 0 Å². The van der Waals surface area contributed by atoms with Gasteiger partial charge in [0, 0.05) is 15.5 Å². The Balaban J connectivity index is 1.96. The predicted molar refractivity (Wildman–Crippen MR) is 112 cm³/mol. The average Bonchev–Trinajstić information content (AvgIpc) is 2.61. The van der Waals surface area contributed by atoms with Crippen LogP contribution in [0.25, 0.3) is 0 Å². The number of carbonyl (C=O) groups excluding carboxylic acids is 1. The topological polar surface area (TPSA) is 26.3 Å². The molecule has 26 heavy (non-hydrogen) atoms. The van der Waals surface area contributed by atoms with E-state index in [1.54, 1.807) is 36.4 Å². The third kappa shape index (κ3) is 6.70. The summed E-state index contributed by atoms with van der Waals surface area (Å²) in [6, 6.07) is 10.3. The van der Waals surface area contributed by atoms with Gasteiger partial charge in [-0.05, 0) is 54.6 Å². The molecule has 2 nitrogen and oxygen atoms in total. The third-order valence-corrected chi connectivity index (χ3v) is 5.49. The van der Waals surface area contributed by atoms with Crippen LogP contribution in [-0.2, 0) is 0 Å². The maximum atomic E-state index is 12.4. The smallest absolute Gasteiger partial charge is 0.224 e. The first-order chi connectivity index (χ1) is 12.5. The van der Waals surface area contributed by atoms with E-state index < -0.39 is 0 Å². The summed E-state index contributed by atoms with van der Waals surface area (Å²) >= 11 is 19.5. The van der Waals surface area contributed by atoms with Crippen molar-refractivity contribution in [2.75, 3.05) is 6.61 Å². The van der Waals surface area contributed by atoms with E-state index in [0.29, 0.717) is 33.0 Å². The number of thioether (sulfide) groups is 1. The van der Waals surface area contributed by atoms with E-state index >= 15 is 0 Å². The Morgan fingerprint density at radius 1 is 0.962 bits per heavy atom. The minimum Gasteiger partial charge on any atom is -0.490 e. The molecule has 6 heteroatoms. The SMILES string of the molecule is CCCCCCCOc1c(Cl)cc(C(=O)Sc2ccc(Cl)cc2)cc1Cl. The van der Waals surface area contributed by atoms with Crippen molar-refractivity contribution in [1.29, 1.82) is 0 Å². The number of halogens is 3. The lowest BCUT2D eigenvalue weighted by Gasteiger charge is -2.11. The molecule has 0 atom stereocenters. The first-order valence-electron chi connectivity index (χ1n) is 8.61. The van der Waals surface area contributed by atoms with Crippen LogP contribution in [0.4, 0.5) is 0 Å². The van der Waals surface area contributed by atoms with Crippen molar-refractivity contribution in [3.63, 3.8) is 0 Å². The fourth-order valence-electron chi connectivity index (χ4n) is 2.36. The normalized spacial score (nSPS) is 10.8. The highest BCUT2D eigenvalue weighted by Crippen LogP contribution is 2.36. The summed E-state index contributed by atoms with van der Waals surface area (Å²) in [7, 11) is 0. The second-order valence-electron chi connectivity index (χ2n) is 5.88. The molecule has 0 saturated heterocycles. The van der Waals surface area contributed by atoms with Crippen LogP contribution in [-0.4, -0.2) is 11.7 Å². The van der Waals surface area contributed by atoms with Crippen LogP contribution >= 0.6 is 46.6 Å². The molecule has 0 radical (unpaired) electrons. The second kappa shape index (κ2) is 11.1. The van der Waals surface area contributed by atoms with E-state index in [1.165, 1.54) is 19.3 Å². The highest BCUT2D eigenvalue weighted by molar-refractivity contribution is 8.14. The molecule has 0 unspecified atom stereocenters. The standard InChI is InChI=1S/C20H21Cl3O2S/c1-2-3-4-5-6-11-25-19-17(22)12-14(13-18(19)23)20(24)26-16-9-7-15(21)8-10-16/h7-10,12-13H,2-6,11H2,1H3. The van der Waals surface area contributed by atoms with Crippen LogP contribution in [0.1, 0.15) is 49.4 Å². The summed E-state index contributed by atoms with van der Waals surface area (Å²) in [4.78, 5) is 13.3. The Labute approximate surface area is 174 Å². The average molecular weight is 432 g/mol. The second-order valence-corrected chi connectivity index (χ2v) is 8.17. The number of unbranched alkanes of at least 4 members (excludes halogenated alkanes) is 4. The van der Waals surface area contributed by atoms with E-state index in [0.717, 1.165) is 29.5 Å². The molecule has 0 heterocycles. The number of hydrogen-bond acceptors (Lipinski definition) is 3. The zero-order valence-corrected chi connectivity index (χ0v) is 17.6. The fraction of sp³-hybridized carbons (Fsp3) is 0.350. The van der Waals surface area contributed by atoms with Crippen LogP contribution in [0, 0.1) is 0 Å². The van der Waals surface area contributed by atoms with Crippen molar-refractivity contribution in [3.05, 3.63) is 57.0 Å². The molecule has 0 aliphatic carbocycles. The molecule has 0 spiro atoms. The quantitative estimate of drug-likeness (QED) is 0.298. The Morgan fingerprint density at radius 3 is 2.19 bits per heavy atom. The van der Waals surface area contributed by atoms with Crippen molar-refractivity contribution in [2.24, 2.45) is 0 Å². The minimum absolute atomic E-state index is 0.137. The van der Waals surface area contributed by atoms with Crippen LogP contribution in [0.15, 0.2) is 41.3 Å². The third-order valence-electron chi connectivity index (χ3n) is 3.75. The van der Waals surface area contributed by atoms with Crippen LogP contribution in [0.2, 0.25) is 15.1 Å². The number of carbonyl (C=O) groups is 1. The maximum Gasteiger partial charge on any atom is 0.224 e. The Kier molecular flexibility index (Phi) is 9.13. The largest absolute Gasteiger partial charge is 0.490 e. The fourth-order valence-corrected chi connectivity index (χ4v) is 3.81. The van der Waals surface area contributed by atoms with E-state index in [4.69, 9.17) is 39.5 Å². The zero-order valence-electron chi connectivity index (χ0n) is 14.6. The van der Waals surface area contributed by atoms with Gasteiger partial charge in [-0.3, -0.25) is 4.79 Å². The summed E-state index contributed by atoms with van der Waals surface area (Å²) in [6.45, 7) is 2.75. The Morgan fingerprint density at radius 2 is 1.58 bits per heavy atom. The molecule has 140 valence electrons. The van der Waals surface area contributed by atoms with Gasteiger partial charge >= 0.3 is 0 Å². The molecular weight excluding hydrogens is 411 g/mol. The van der Waals surface area contributed by atoms with Gasteiger partial charge in [0.05, 0.1) is 16.7 Å². The summed E-state index contributed by atoms with van der Waals surface area (Å²) in [6.07, 6.45) is 5.74. The molecule has 2 aromatic carbocycles. The van der Waals surface area contributed by atoms with Gasteiger partial charge in [-0.25, -0.2) is 0 Å². The van der Waals surface area contributed by atoms with E-state index in [9.17, 15) is 4.79 Å². The minimum atomic E-state index is -0.137. The Bertz CT molecular complexity index is 709. The van der Waals surface area contributed by atoms with Crippen molar-refractivity contribution >= 4 is 51.7 Å². The lowest BCUT2D eigenvalue weighted by atomic mass is 10.2. The van der Waals surface area contributed by atoms with Crippen molar-refractivity contribution in [2.45, 2.75) is 43.9 Å². The highest BCUT2D eigenvalue weighted by atomic mass is 35.5. The number of ether oxygens (including phenoxy) is 1. The van der Waals surface area contributed by atoms with E-state index in [-0.39, 0.29) is 5.12 Å². The van der Waals surface area contributed by atoms with Gasteiger partial charge in [-0.15, -0.1) is 0 Å². The molecule has 0 saturated carbocycles. The predicted octanol–water partition coefficient (Wildman–Crippen LogP) is 7.93. The first kappa shape index (κ1) is 21.4. The number of hydrogen-bond donors (Lipinski definition) is 0. The molecule has 0 bridgehead atoms. The number of benzene rings is 2. The van der Waals surface area contributed by atoms with Gasteiger partial charge in [0.25, 0.3) is 0 Å². The lowest BCUT2D eigenvalue weighted by molar-refractivity contribution is 0.108. The molecule has 2 rings (SSSR count). The zero-order chi connectivity index (χ0) is 18.9. The lowest BCUT2D eigenvalue weighted by Crippen LogP contribution is -2.00. The van der Waals surface area contributed by atoms with Gasteiger partial charge in [-0.1, -0.05) is 67.4 Å². The van der Waals surface area contributed by atoms with Crippen LogP contribution < -0.4 is 4.74 Å². The molecule has 0 fully saturated rings. The van der Waals surface area contributed by atoms with Gasteiger partial charge in [0.15, 0.2) is 5.75 Å². The van der Waals surface area contributed by atoms with Crippen LogP contribution in [0.3, 0.4) is 0 Å². The molecule has 2 aromatic rings. The Hall–Kier alpha value is -0.870. The summed E-state index contributed by atoms with van der Waals surface area (Å²) in [5.41, 5.74) is 0.440. The molecular formula is C20H21Cl3O2S. The molecule has 0 aliphatic heterocycles. The number of rotatable bonds is 9. The van der Waals surface area contributed by atoms with Crippen molar-refractivity contribution in [1.82, 2.24) is 0 Å².